The molecule has 2 atom stereocenters. The Balaban J connectivity index is 1.85. The fourth-order valence-corrected chi connectivity index (χ4v) is 4.22. The van der Waals surface area contributed by atoms with Crippen molar-refractivity contribution in [2.75, 3.05) is 13.1 Å². The number of Topliss-reactive ketones (excluding diaryl/α,β-unsaturated/α-hetero) is 1. The SMILES string of the molecule is BC1C(C)=CSC1C(=O)C1CCN(C(=O)OC(C)(C)C)CC1. The first-order valence-corrected chi connectivity index (χ1v) is 8.97. The van der Waals surface area contributed by atoms with Gasteiger partial charge < -0.3 is 9.64 Å². The van der Waals surface area contributed by atoms with E-state index >= 15 is 0 Å². The molecule has 2 aliphatic heterocycles. The molecule has 2 aliphatic rings. The van der Waals surface area contributed by atoms with E-state index in [4.69, 9.17) is 4.74 Å². The standard InChI is InChI=1S/C16H26BNO3S/c1-10-9-22-14(12(10)17)13(19)11-5-7-18(8-6-11)15(20)21-16(2,3)4/h9,11-12,14H,5-8,17H2,1-4H3. The van der Waals surface area contributed by atoms with Gasteiger partial charge in [-0.05, 0) is 51.8 Å². The molecular weight excluding hydrogens is 297 g/mol. The normalized spacial score (nSPS) is 26.7. The minimum absolute atomic E-state index is 0.0677. The quantitative estimate of drug-likeness (QED) is 0.733. The highest BCUT2D eigenvalue weighted by atomic mass is 32.2. The topological polar surface area (TPSA) is 46.6 Å². The largest absolute Gasteiger partial charge is 0.444 e. The summed E-state index contributed by atoms with van der Waals surface area (Å²) in [7, 11) is 2.13. The van der Waals surface area contributed by atoms with E-state index in [9.17, 15) is 9.59 Å². The zero-order valence-corrected chi connectivity index (χ0v) is 15.0. The summed E-state index contributed by atoms with van der Waals surface area (Å²) in [6.07, 6.45) is 1.24. The smallest absolute Gasteiger partial charge is 0.410 e. The molecule has 2 rings (SSSR count). The Bertz CT molecular complexity index is 478. The van der Waals surface area contributed by atoms with E-state index in [0.717, 1.165) is 12.8 Å². The van der Waals surface area contributed by atoms with Crippen LogP contribution in [0, 0.1) is 5.92 Å². The summed E-state index contributed by atoms with van der Waals surface area (Å²) in [5, 5.41) is 2.18. The van der Waals surface area contributed by atoms with E-state index in [2.05, 4.69) is 20.2 Å². The van der Waals surface area contributed by atoms with E-state index in [0.29, 0.717) is 24.7 Å². The second-order valence-corrected chi connectivity index (χ2v) is 8.37. The van der Waals surface area contributed by atoms with Gasteiger partial charge in [-0.3, -0.25) is 4.79 Å². The molecule has 0 radical (unpaired) electrons. The Kier molecular flexibility index (Phi) is 5.31. The number of thioether (sulfide) groups is 1. The zero-order valence-electron chi connectivity index (χ0n) is 14.2. The number of carbonyl (C=O) groups is 2. The van der Waals surface area contributed by atoms with Crippen LogP contribution in [0.15, 0.2) is 11.0 Å². The molecule has 4 nitrogen and oxygen atoms in total. The number of rotatable bonds is 2. The van der Waals surface area contributed by atoms with Gasteiger partial charge in [-0.25, -0.2) is 4.79 Å². The van der Waals surface area contributed by atoms with Crippen LogP contribution in [0.2, 0.25) is 5.82 Å². The number of allylic oxidation sites excluding steroid dienone is 1. The first kappa shape index (κ1) is 17.4. The Morgan fingerprint density at radius 1 is 1.32 bits per heavy atom. The molecule has 122 valence electrons. The number of hydrogen-bond donors (Lipinski definition) is 0. The molecule has 2 heterocycles. The molecule has 0 spiro atoms. The maximum absolute atomic E-state index is 12.7. The van der Waals surface area contributed by atoms with Crippen LogP contribution in [0.5, 0.6) is 0 Å². The van der Waals surface area contributed by atoms with Crippen LogP contribution < -0.4 is 0 Å². The maximum Gasteiger partial charge on any atom is 0.410 e. The zero-order chi connectivity index (χ0) is 16.5. The van der Waals surface area contributed by atoms with Crippen molar-refractivity contribution in [3.63, 3.8) is 0 Å². The van der Waals surface area contributed by atoms with Crippen LogP contribution in [-0.4, -0.2) is 48.6 Å². The number of likely N-dealkylation sites (tertiary alicyclic amines) is 1. The van der Waals surface area contributed by atoms with Crippen LogP contribution >= 0.6 is 11.8 Å². The van der Waals surface area contributed by atoms with Gasteiger partial charge in [0.2, 0.25) is 0 Å². The highest BCUT2D eigenvalue weighted by Crippen LogP contribution is 2.40. The lowest BCUT2D eigenvalue weighted by atomic mass is 9.75. The molecule has 1 amide bonds. The van der Waals surface area contributed by atoms with E-state index in [1.54, 1.807) is 16.7 Å². The van der Waals surface area contributed by atoms with Crippen LogP contribution in [0.4, 0.5) is 4.79 Å². The Labute approximate surface area is 138 Å². The average molecular weight is 323 g/mol. The molecule has 1 fully saturated rings. The monoisotopic (exact) mass is 323 g/mol. The second-order valence-electron chi connectivity index (χ2n) is 7.35. The molecule has 0 aliphatic carbocycles. The number of nitrogens with zero attached hydrogens (tertiary/aromatic N) is 1. The van der Waals surface area contributed by atoms with Gasteiger partial charge in [0.25, 0.3) is 0 Å². The van der Waals surface area contributed by atoms with Crippen molar-refractivity contribution in [2.45, 2.75) is 57.2 Å². The number of ketones is 1. The summed E-state index contributed by atoms with van der Waals surface area (Å²) >= 11 is 1.66. The molecule has 1 saturated heterocycles. The third-order valence-corrected chi connectivity index (χ3v) is 5.84. The molecule has 2 unspecified atom stereocenters. The lowest BCUT2D eigenvalue weighted by Crippen LogP contribution is -2.44. The van der Waals surface area contributed by atoms with Crippen molar-refractivity contribution in [1.82, 2.24) is 4.90 Å². The Morgan fingerprint density at radius 2 is 1.91 bits per heavy atom. The van der Waals surface area contributed by atoms with Gasteiger partial charge in [-0.15, -0.1) is 11.8 Å². The van der Waals surface area contributed by atoms with Crippen LogP contribution in [-0.2, 0) is 9.53 Å². The first-order chi connectivity index (χ1) is 10.2. The molecule has 0 aromatic heterocycles. The highest BCUT2D eigenvalue weighted by molar-refractivity contribution is 8.03. The van der Waals surface area contributed by atoms with Crippen molar-refractivity contribution in [3.05, 3.63) is 11.0 Å². The van der Waals surface area contributed by atoms with E-state index in [1.165, 1.54) is 5.57 Å². The van der Waals surface area contributed by atoms with Gasteiger partial charge in [0, 0.05) is 19.0 Å². The summed E-state index contributed by atoms with van der Waals surface area (Å²) < 4.78 is 5.39. The van der Waals surface area contributed by atoms with E-state index in [-0.39, 0.29) is 17.3 Å². The molecule has 6 heteroatoms. The Hall–Kier alpha value is -0.905. The van der Waals surface area contributed by atoms with Gasteiger partial charge in [-0.1, -0.05) is 5.57 Å². The summed E-state index contributed by atoms with van der Waals surface area (Å²) in [4.78, 5) is 26.4. The molecule has 0 aromatic rings. The van der Waals surface area contributed by atoms with E-state index < -0.39 is 5.60 Å². The summed E-state index contributed by atoms with van der Waals surface area (Å²) in [5.41, 5.74) is 0.831. The molecule has 22 heavy (non-hydrogen) atoms. The van der Waals surface area contributed by atoms with Crippen molar-refractivity contribution in [1.29, 1.82) is 0 Å². The lowest BCUT2D eigenvalue weighted by Gasteiger charge is -2.34. The molecule has 0 aromatic carbocycles. The third kappa shape index (κ3) is 4.09. The molecule has 0 bridgehead atoms. The average Bonchev–Trinajstić information content (AvgIpc) is 2.76. The molecule has 0 N–H and O–H groups in total. The Morgan fingerprint density at radius 3 is 2.36 bits per heavy atom. The number of carbonyl (C=O) groups excluding carboxylic acids is 2. The lowest BCUT2D eigenvalue weighted by molar-refractivity contribution is -0.123. The van der Waals surface area contributed by atoms with Crippen molar-refractivity contribution in [3.8, 4) is 0 Å². The highest BCUT2D eigenvalue weighted by Gasteiger charge is 2.37. The molecular formula is C16H26BNO3S. The predicted molar refractivity (Wildman–Crippen MR) is 93.0 cm³/mol. The second kappa shape index (κ2) is 6.69. The minimum atomic E-state index is -0.469. The number of amides is 1. The van der Waals surface area contributed by atoms with Gasteiger partial charge in [0.05, 0.1) is 5.25 Å². The van der Waals surface area contributed by atoms with Gasteiger partial charge in [-0.2, -0.15) is 0 Å². The van der Waals surface area contributed by atoms with Crippen LogP contribution in [0.1, 0.15) is 40.5 Å². The van der Waals surface area contributed by atoms with E-state index in [1.807, 2.05) is 20.8 Å². The van der Waals surface area contributed by atoms with Crippen molar-refractivity contribution >= 4 is 31.5 Å². The third-order valence-electron chi connectivity index (χ3n) is 4.40. The minimum Gasteiger partial charge on any atom is -0.444 e. The van der Waals surface area contributed by atoms with Crippen molar-refractivity contribution < 1.29 is 14.3 Å². The fourth-order valence-electron chi connectivity index (χ4n) is 2.86. The van der Waals surface area contributed by atoms with Crippen LogP contribution in [0.3, 0.4) is 0 Å². The van der Waals surface area contributed by atoms with Gasteiger partial charge in [0.1, 0.15) is 19.2 Å². The summed E-state index contributed by atoms with van der Waals surface area (Å²) in [6.45, 7) is 8.93. The number of piperidine rings is 1. The van der Waals surface area contributed by atoms with Crippen LogP contribution in [0.25, 0.3) is 0 Å². The fraction of sp³-hybridized carbons (Fsp3) is 0.750. The van der Waals surface area contributed by atoms with Gasteiger partial charge >= 0.3 is 6.09 Å². The predicted octanol–water partition coefficient (Wildman–Crippen LogP) is 2.64. The number of ether oxygens (including phenoxy) is 1. The van der Waals surface area contributed by atoms with Gasteiger partial charge in [0.15, 0.2) is 0 Å². The summed E-state index contributed by atoms with van der Waals surface area (Å²) in [5.74, 6) is 0.772. The number of hydrogen-bond acceptors (Lipinski definition) is 4. The first-order valence-electron chi connectivity index (χ1n) is 8.03. The summed E-state index contributed by atoms with van der Waals surface area (Å²) in [6, 6.07) is 0. The molecule has 0 saturated carbocycles. The maximum atomic E-state index is 12.7. The van der Waals surface area contributed by atoms with Crippen molar-refractivity contribution in [2.24, 2.45) is 5.92 Å².